The number of amides is 1. The summed E-state index contributed by atoms with van der Waals surface area (Å²) in [5.41, 5.74) is 1.16. The predicted octanol–water partition coefficient (Wildman–Crippen LogP) is 3.67. The molecule has 0 saturated heterocycles. The van der Waals surface area contributed by atoms with Gasteiger partial charge in [0.1, 0.15) is 17.1 Å². The van der Waals surface area contributed by atoms with Crippen LogP contribution in [0.2, 0.25) is 0 Å². The zero-order valence-electron chi connectivity index (χ0n) is 17.3. The minimum Gasteiger partial charge on any atom is -0.354 e. The first kappa shape index (κ1) is 21.2. The Morgan fingerprint density at radius 2 is 2.06 bits per heavy atom. The molecule has 2 heterocycles. The summed E-state index contributed by atoms with van der Waals surface area (Å²) < 4.78 is 16.7. The van der Waals surface area contributed by atoms with Gasteiger partial charge >= 0.3 is 5.69 Å². The standard InChI is InChI=1S/C23H24FN3O3S/c1-15-7-8-17(13-18(15)24)27-22(29)21-19(10-12-31-21)26(23(27)30)14-20(28)25-11-9-16-5-3-2-4-6-16/h5,7-8,10,12-13H,2-4,6,9,11,14H2,1H3,(H,25,28). The number of allylic oxidation sites excluding steroid dienone is 1. The zero-order valence-corrected chi connectivity index (χ0v) is 18.1. The van der Waals surface area contributed by atoms with E-state index < -0.39 is 17.1 Å². The van der Waals surface area contributed by atoms with Crippen molar-refractivity contribution >= 4 is 27.5 Å². The molecule has 6 nitrogen and oxygen atoms in total. The molecule has 1 N–H and O–H groups in total. The summed E-state index contributed by atoms with van der Waals surface area (Å²) in [6.07, 6.45) is 7.61. The first-order valence-corrected chi connectivity index (χ1v) is 11.3. The first-order chi connectivity index (χ1) is 15.0. The Kier molecular flexibility index (Phi) is 6.18. The minimum absolute atomic E-state index is 0.145. The molecule has 162 valence electrons. The molecule has 2 aromatic heterocycles. The summed E-state index contributed by atoms with van der Waals surface area (Å²) in [7, 11) is 0. The van der Waals surface area contributed by atoms with E-state index in [2.05, 4.69) is 11.4 Å². The van der Waals surface area contributed by atoms with Crippen molar-refractivity contribution in [2.24, 2.45) is 0 Å². The number of aryl methyl sites for hydroxylation is 1. The smallest absolute Gasteiger partial charge is 0.336 e. The molecule has 1 aliphatic rings. The number of carbonyl (C=O) groups excluding carboxylic acids is 1. The van der Waals surface area contributed by atoms with Gasteiger partial charge in [-0.25, -0.2) is 13.8 Å². The van der Waals surface area contributed by atoms with Gasteiger partial charge in [0.2, 0.25) is 5.91 Å². The third-order valence-corrected chi connectivity index (χ3v) is 6.52. The van der Waals surface area contributed by atoms with Crippen LogP contribution >= 0.6 is 11.3 Å². The van der Waals surface area contributed by atoms with Crippen LogP contribution in [0.25, 0.3) is 15.9 Å². The van der Waals surface area contributed by atoms with Gasteiger partial charge in [-0.15, -0.1) is 11.3 Å². The maximum absolute atomic E-state index is 14.1. The SMILES string of the molecule is Cc1ccc(-n2c(=O)c3sccc3n(CC(=O)NCCC3=CCCCC3)c2=O)cc1F. The van der Waals surface area contributed by atoms with E-state index in [-0.39, 0.29) is 18.1 Å². The highest BCUT2D eigenvalue weighted by Crippen LogP contribution is 2.20. The topological polar surface area (TPSA) is 73.1 Å². The van der Waals surface area contributed by atoms with E-state index >= 15 is 0 Å². The Bertz CT molecular complexity index is 1290. The lowest BCUT2D eigenvalue weighted by Gasteiger charge is -2.14. The van der Waals surface area contributed by atoms with Gasteiger partial charge in [-0.1, -0.05) is 17.7 Å². The largest absolute Gasteiger partial charge is 0.354 e. The van der Waals surface area contributed by atoms with Crippen molar-refractivity contribution in [2.75, 3.05) is 6.54 Å². The van der Waals surface area contributed by atoms with Gasteiger partial charge in [-0.3, -0.25) is 14.2 Å². The van der Waals surface area contributed by atoms with E-state index in [9.17, 15) is 18.8 Å². The van der Waals surface area contributed by atoms with E-state index in [1.807, 2.05) is 0 Å². The minimum atomic E-state index is -0.663. The zero-order chi connectivity index (χ0) is 22.0. The number of rotatable bonds is 6. The van der Waals surface area contributed by atoms with Gasteiger partial charge in [0.05, 0.1) is 11.2 Å². The molecule has 0 saturated carbocycles. The number of carbonyl (C=O) groups is 1. The van der Waals surface area contributed by atoms with Crippen LogP contribution in [0.3, 0.4) is 0 Å². The van der Waals surface area contributed by atoms with Gasteiger partial charge in [0, 0.05) is 6.54 Å². The van der Waals surface area contributed by atoms with E-state index in [0.717, 1.165) is 23.8 Å². The summed E-state index contributed by atoms with van der Waals surface area (Å²) in [6, 6.07) is 5.87. The van der Waals surface area contributed by atoms with Gasteiger partial charge in [0.15, 0.2) is 0 Å². The number of aromatic nitrogens is 2. The highest BCUT2D eigenvalue weighted by molar-refractivity contribution is 7.17. The van der Waals surface area contributed by atoms with E-state index in [4.69, 9.17) is 0 Å². The monoisotopic (exact) mass is 441 g/mol. The van der Waals surface area contributed by atoms with Gasteiger partial charge < -0.3 is 5.32 Å². The second-order valence-corrected chi connectivity index (χ2v) is 8.70. The van der Waals surface area contributed by atoms with Crippen molar-refractivity contribution in [1.29, 1.82) is 0 Å². The van der Waals surface area contributed by atoms with Crippen LogP contribution in [0, 0.1) is 12.7 Å². The van der Waals surface area contributed by atoms with Crippen LogP contribution < -0.4 is 16.6 Å². The summed E-state index contributed by atoms with van der Waals surface area (Å²) in [6.45, 7) is 1.91. The Hall–Kier alpha value is -3.00. The number of nitrogens with zero attached hydrogens (tertiary/aromatic N) is 2. The number of hydrogen-bond donors (Lipinski definition) is 1. The molecule has 0 bridgehead atoms. The molecular weight excluding hydrogens is 417 g/mol. The second kappa shape index (κ2) is 9.01. The fourth-order valence-corrected chi connectivity index (χ4v) is 4.71. The van der Waals surface area contributed by atoms with Crippen molar-refractivity contribution in [3.8, 4) is 5.69 Å². The summed E-state index contributed by atoms with van der Waals surface area (Å²) in [5, 5.41) is 4.57. The van der Waals surface area contributed by atoms with Crippen LogP contribution in [-0.4, -0.2) is 21.6 Å². The van der Waals surface area contributed by atoms with E-state index in [1.165, 1.54) is 52.5 Å². The molecular formula is C23H24FN3O3S. The first-order valence-electron chi connectivity index (χ1n) is 10.4. The average Bonchev–Trinajstić information content (AvgIpc) is 3.25. The Morgan fingerprint density at radius 1 is 1.23 bits per heavy atom. The summed E-state index contributed by atoms with van der Waals surface area (Å²) in [5.74, 6) is -0.803. The maximum Gasteiger partial charge on any atom is 0.336 e. The fourth-order valence-electron chi connectivity index (χ4n) is 3.88. The normalized spacial score (nSPS) is 13.9. The molecule has 0 unspecified atom stereocenters. The molecule has 0 fully saturated rings. The fraction of sp³-hybridized carbons (Fsp3) is 0.348. The number of hydrogen-bond acceptors (Lipinski definition) is 4. The molecule has 3 aromatic rings. The molecule has 1 amide bonds. The van der Waals surface area contributed by atoms with Crippen molar-refractivity contribution in [3.05, 3.63) is 73.5 Å². The summed E-state index contributed by atoms with van der Waals surface area (Å²) >= 11 is 1.19. The number of benzene rings is 1. The number of nitrogens with one attached hydrogen (secondary N) is 1. The third-order valence-electron chi connectivity index (χ3n) is 5.62. The number of fused-ring (bicyclic) bond motifs is 1. The molecule has 1 aliphatic carbocycles. The lowest BCUT2D eigenvalue weighted by atomic mass is 9.97. The van der Waals surface area contributed by atoms with Crippen molar-refractivity contribution < 1.29 is 9.18 Å². The molecule has 8 heteroatoms. The third kappa shape index (κ3) is 4.39. The molecule has 4 rings (SSSR count). The quantitative estimate of drug-likeness (QED) is 0.594. The maximum atomic E-state index is 14.1. The van der Waals surface area contributed by atoms with Crippen LogP contribution in [0.1, 0.15) is 37.7 Å². The van der Waals surface area contributed by atoms with Crippen molar-refractivity contribution in [2.45, 2.75) is 45.6 Å². The molecule has 0 atom stereocenters. The van der Waals surface area contributed by atoms with Crippen LogP contribution in [0.5, 0.6) is 0 Å². The van der Waals surface area contributed by atoms with Crippen LogP contribution in [0.15, 0.2) is 50.9 Å². The number of thiophene rings is 1. The molecule has 1 aromatic carbocycles. The van der Waals surface area contributed by atoms with Crippen LogP contribution in [-0.2, 0) is 11.3 Å². The Balaban J connectivity index is 1.63. The Morgan fingerprint density at radius 3 is 2.81 bits per heavy atom. The second-order valence-electron chi connectivity index (χ2n) is 7.79. The highest BCUT2D eigenvalue weighted by Gasteiger charge is 2.18. The lowest BCUT2D eigenvalue weighted by molar-refractivity contribution is -0.121. The van der Waals surface area contributed by atoms with Crippen molar-refractivity contribution in [1.82, 2.24) is 14.5 Å². The number of halogens is 1. The van der Waals surface area contributed by atoms with Crippen LogP contribution in [0.4, 0.5) is 4.39 Å². The van der Waals surface area contributed by atoms with Gasteiger partial charge in [-0.2, -0.15) is 0 Å². The lowest BCUT2D eigenvalue weighted by Crippen LogP contribution is -2.41. The molecule has 31 heavy (non-hydrogen) atoms. The molecule has 0 aliphatic heterocycles. The summed E-state index contributed by atoms with van der Waals surface area (Å²) in [4.78, 5) is 38.7. The van der Waals surface area contributed by atoms with Gasteiger partial charge in [-0.05, 0) is 68.2 Å². The molecule has 0 radical (unpaired) electrons. The average molecular weight is 442 g/mol. The predicted molar refractivity (Wildman–Crippen MR) is 121 cm³/mol. The Labute approximate surface area is 182 Å². The van der Waals surface area contributed by atoms with Gasteiger partial charge in [0.25, 0.3) is 5.56 Å². The van der Waals surface area contributed by atoms with E-state index in [0.29, 0.717) is 22.3 Å². The van der Waals surface area contributed by atoms with Crippen molar-refractivity contribution in [3.63, 3.8) is 0 Å². The molecule has 0 spiro atoms. The van der Waals surface area contributed by atoms with E-state index in [1.54, 1.807) is 18.4 Å². The highest BCUT2D eigenvalue weighted by atomic mass is 32.1.